The molecule has 1 aromatic heterocycles. The van der Waals surface area contributed by atoms with E-state index in [0.717, 1.165) is 37.7 Å². The Morgan fingerprint density at radius 2 is 1.71 bits per heavy atom. The van der Waals surface area contributed by atoms with Gasteiger partial charge in [0.05, 0.1) is 5.69 Å². The number of anilines is 1. The summed E-state index contributed by atoms with van der Waals surface area (Å²) < 4.78 is 1.92. The summed E-state index contributed by atoms with van der Waals surface area (Å²) in [6.45, 7) is 7.63. The Bertz CT molecular complexity index is 1060. The van der Waals surface area contributed by atoms with Crippen LogP contribution in [0.25, 0.3) is 0 Å². The zero-order chi connectivity index (χ0) is 21.8. The van der Waals surface area contributed by atoms with E-state index in [1.54, 1.807) is 7.05 Å². The van der Waals surface area contributed by atoms with Crippen molar-refractivity contribution in [3.05, 3.63) is 82.2 Å². The second kappa shape index (κ2) is 9.25. The molecule has 6 heteroatoms. The molecule has 0 radical (unpaired) electrons. The molecule has 3 aromatic rings. The van der Waals surface area contributed by atoms with Crippen molar-refractivity contribution in [2.45, 2.75) is 39.9 Å². The Morgan fingerprint density at radius 3 is 2.42 bits per heavy atom. The van der Waals surface area contributed by atoms with Gasteiger partial charge in [0.1, 0.15) is 0 Å². The van der Waals surface area contributed by atoms with Crippen LogP contribution < -0.4 is 15.5 Å². The fraction of sp³-hybridized carbons (Fsp3) is 0.360. The zero-order valence-electron chi connectivity index (χ0n) is 18.9. The number of fused-ring (bicyclic) bond motifs is 1. The van der Waals surface area contributed by atoms with E-state index in [0.29, 0.717) is 6.54 Å². The third-order valence-corrected chi connectivity index (χ3v) is 6.15. The fourth-order valence-electron chi connectivity index (χ4n) is 4.21. The molecule has 2 aromatic carbocycles. The van der Waals surface area contributed by atoms with E-state index >= 15 is 0 Å². The molecular weight excluding hydrogens is 384 g/mol. The Hall–Kier alpha value is -3.28. The average Bonchev–Trinajstić information content (AvgIpc) is 3.29. The number of hydrogen-bond acceptors (Lipinski definition) is 3. The van der Waals surface area contributed by atoms with Gasteiger partial charge in [-0.1, -0.05) is 42.5 Å². The zero-order valence-corrected chi connectivity index (χ0v) is 18.9. The Morgan fingerprint density at radius 1 is 1.00 bits per heavy atom. The van der Waals surface area contributed by atoms with Gasteiger partial charge in [-0.05, 0) is 43.0 Å². The maximum absolute atomic E-state index is 4.48. The van der Waals surface area contributed by atoms with Gasteiger partial charge < -0.3 is 15.5 Å². The van der Waals surface area contributed by atoms with Gasteiger partial charge in [-0.3, -0.25) is 9.67 Å². The first-order chi connectivity index (χ1) is 15.0. The molecular formula is C25H32N6. The second-order valence-corrected chi connectivity index (χ2v) is 8.17. The van der Waals surface area contributed by atoms with E-state index in [9.17, 15) is 0 Å². The molecule has 1 aliphatic heterocycles. The number of nitrogens with one attached hydrogen (secondary N) is 2. The minimum absolute atomic E-state index is 0.710. The first-order valence-electron chi connectivity index (χ1n) is 10.9. The SMILES string of the molecule is CN=C(NCc1ccc(CN2CCc3ccccc32)cc1)NCc1c(C)nn(C)c1C. The van der Waals surface area contributed by atoms with Crippen LogP contribution in [-0.2, 0) is 33.1 Å². The molecule has 0 unspecified atom stereocenters. The van der Waals surface area contributed by atoms with Crippen LogP contribution in [0.5, 0.6) is 0 Å². The Labute approximate surface area is 185 Å². The predicted octanol–water partition coefficient (Wildman–Crippen LogP) is 3.46. The van der Waals surface area contributed by atoms with Crippen molar-refractivity contribution in [1.82, 2.24) is 20.4 Å². The molecule has 0 atom stereocenters. The van der Waals surface area contributed by atoms with Crippen molar-refractivity contribution >= 4 is 11.6 Å². The lowest BCUT2D eigenvalue weighted by Crippen LogP contribution is -2.36. The third-order valence-electron chi connectivity index (χ3n) is 6.15. The van der Waals surface area contributed by atoms with Crippen molar-refractivity contribution in [3.63, 3.8) is 0 Å². The highest BCUT2D eigenvalue weighted by Gasteiger charge is 2.18. The van der Waals surface area contributed by atoms with Gasteiger partial charge in [0.2, 0.25) is 0 Å². The van der Waals surface area contributed by atoms with E-state index in [-0.39, 0.29) is 0 Å². The fourth-order valence-corrected chi connectivity index (χ4v) is 4.21. The lowest BCUT2D eigenvalue weighted by molar-refractivity contribution is 0.728. The van der Waals surface area contributed by atoms with Crippen LogP contribution >= 0.6 is 0 Å². The average molecular weight is 417 g/mol. The lowest BCUT2D eigenvalue weighted by atomic mass is 10.1. The standard InChI is InChI=1S/C25H32N6/c1-18-23(19(2)30(4)29-18)16-28-25(26-3)27-15-20-9-11-21(12-10-20)17-31-14-13-22-7-5-6-8-24(22)31/h5-12H,13-17H2,1-4H3,(H2,26,27,28). The summed E-state index contributed by atoms with van der Waals surface area (Å²) in [7, 11) is 3.78. The van der Waals surface area contributed by atoms with Crippen LogP contribution in [0.1, 0.15) is 33.6 Å². The van der Waals surface area contributed by atoms with E-state index < -0.39 is 0 Å². The number of benzene rings is 2. The smallest absolute Gasteiger partial charge is 0.191 e. The molecule has 0 fully saturated rings. The van der Waals surface area contributed by atoms with Crippen molar-refractivity contribution in [2.75, 3.05) is 18.5 Å². The number of guanidine groups is 1. The monoisotopic (exact) mass is 416 g/mol. The molecule has 0 aliphatic carbocycles. The molecule has 0 saturated carbocycles. The maximum Gasteiger partial charge on any atom is 0.191 e. The van der Waals surface area contributed by atoms with Crippen LogP contribution in [0.3, 0.4) is 0 Å². The molecule has 1 aliphatic rings. The first-order valence-corrected chi connectivity index (χ1v) is 10.9. The van der Waals surface area contributed by atoms with Crippen molar-refractivity contribution in [3.8, 4) is 0 Å². The van der Waals surface area contributed by atoms with E-state index in [1.807, 2.05) is 18.7 Å². The van der Waals surface area contributed by atoms with Gasteiger partial charge in [-0.15, -0.1) is 0 Å². The first kappa shape index (κ1) is 21.0. The topological polar surface area (TPSA) is 57.5 Å². The molecule has 0 spiro atoms. The normalized spacial score (nSPS) is 13.4. The summed E-state index contributed by atoms with van der Waals surface area (Å²) in [5, 5.41) is 11.3. The van der Waals surface area contributed by atoms with Gasteiger partial charge in [0.25, 0.3) is 0 Å². The Balaban J connectivity index is 1.29. The highest BCUT2D eigenvalue weighted by Crippen LogP contribution is 2.28. The molecule has 2 heterocycles. The number of hydrogen-bond donors (Lipinski definition) is 2. The van der Waals surface area contributed by atoms with Crippen LogP contribution in [0.15, 0.2) is 53.5 Å². The number of para-hydroxylation sites is 1. The molecule has 2 N–H and O–H groups in total. The largest absolute Gasteiger partial charge is 0.367 e. The number of aryl methyl sites for hydroxylation is 2. The van der Waals surface area contributed by atoms with Crippen LogP contribution in [0, 0.1) is 13.8 Å². The summed E-state index contributed by atoms with van der Waals surface area (Å²) >= 11 is 0. The predicted molar refractivity (Wildman–Crippen MR) is 127 cm³/mol. The van der Waals surface area contributed by atoms with Crippen LogP contribution in [0.2, 0.25) is 0 Å². The quantitative estimate of drug-likeness (QED) is 0.477. The van der Waals surface area contributed by atoms with Gasteiger partial charge in [-0.25, -0.2) is 0 Å². The minimum atomic E-state index is 0.710. The highest BCUT2D eigenvalue weighted by molar-refractivity contribution is 5.79. The summed E-state index contributed by atoms with van der Waals surface area (Å²) in [6.07, 6.45) is 1.14. The van der Waals surface area contributed by atoms with E-state index in [1.165, 1.54) is 33.6 Å². The van der Waals surface area contributed by atoms with Crippen molar-refractivity contribution < 1.29 is 0 Å². The molecule has 31 heavy (non-hydrogen) atoms. The molecule has 0 amide bonds. The van der Waals surface area contributed by atoms with Crippen molar-refractivity contribution in [2.24, 2.45) is 12.0 Å². The van der Waals surface area contributed by atoms with Gasteiger partial charge in [-0.2, -0.15) is 5.10 Å². The van der Waals surface area contributed by atoms with Gasteiger partial charge in [0.15, 0.2) is 5.96 Å². The van der Waals surface area contributed by atoms with E-state index in [2.05, 4.69) is 81.1 Å². The number of rotatable bonds is 6. The number of nitrogens with zero attached hydrogens (tertiary/aromatic N) is 4. The summed E-state index contributed by atoms with van der Waals surface area (Å²) in [5.41, 5.74) is 8.86. The van der Waals surface area contributed by atoms with Crippen molar-refractivity contribution in [1.29, 1.82) is 0 Å². The van der Waals surface area contributed by atoms with Crippen LogP contribution in [-0.4, -0.2) is 29.3 Å². The maximum atomic E-state index is 4.48. The summed E-state index contributed by atoms with van der Waals surface area (Å²) in [6, 6.07) is 17.6. The number of aromatic nitrogens is 2. The lowest BCUT2D eigenvalue weighted by Gasteiger charge is -2.19. The Kier molecular flexibility index (Phi) is 6.26. The third kappa shape index (κ3) is 4.74. The van der Waals surface area contributed by atoms with Gasteiger partial charge >= 0.3 is 0 Å². The second-order valence-electron chi connectivity index (χ2n) is 8.17. The highest BCUT2D eigenvalue weighted by atomic mass is 15.3. The summed E-state index contributed by atoms with van der Waals surface area (Å²) in [4.78, 5) is 6.82. The minimum Gasteiger partial charge on any atom is -0.367 e. The van der Waals surface area contributed by atoms with Crippen LogP contribution in [0.4, 0.5) is 5.69 Å². The molecule has 0 bridgehead atoms. The summed E-state index contributed by atoms with van der Waals surface area (Å²) in [5.74, 6) is 0.792. The molecule has 6 nitrogen and oxygen atoms in total. The molecule has 4 rings (SSSR count). The number of aliphatic imine (C=N–C) groups is 1. The molecule has 0 saturated heterocycles. The van der Waals surface area contributed by atoms with E-state index in [4.69, 9.17) is 0 Å². The molecule has 162 valence electrons. The van der Waals surface area contributed by atoms with Gasteiger partial charge in [0, 0.05) is 57.2 Å².